The molecule has 0 saturated carbocycles. The summed E-state index contributed by atoms with van der Waals surface area (Å²) in [6.07, 6.45) is 4.23. The van der Waals surface area contributed by atoms with E-state index in [9.17, 15) is 9.59 Å². The molecule has 2 aliphatic rings. The predicted octanol–water partition coefficient (Wildman–Crippen LogP) is 4.52. The van der Waals surface area contributed by atoms with E-state index in [4.69, 9.17) is 9.15 Å². The van der Waals surface area contributed by atoms with Crippen LogP contribution >= 0.6 is 0 Å². The lowest BCUT2D eigenvalue weighted by molar-refractivity contribution is -0.121. The molecule has 0 N–H and O–H groups in total. The van der Waals surface area contributed by atoms with Gasteiger partial charge in [0.15, 0.2) is 12.4 Å². The standard InChI is InChI=1S/C24H30N2O4/c1-4-24(2,3)17-8-10-20-19(14-17)26(22(27)16-29-20)15-18-9-11-21(30-18)23(28)25-12-6-5-7-13-25/h8-11,14H,4-7,12-13,15-16H2,1-3H3. The van der Waals surface area contributed by atoms with Crippen molar-refractivity contribution < 1.29 is 18.7 Å². The van der Waals surface area contributed by atoms with Crippen molar-refractivity contribution in [3.8, 4) is 5.75 Å². The van der Waals surface area contributed by atoms with E-state index < -0.39 is 0 Å². The van der Waals surface area contributed by atoms with E-state index in [1.54, 1.807) is 17.0 Å². The molecule has 1 fully saturated rings. The Kier molecular flexibility index (Phi) is 5.58. The van der Waals surface area contributed by atoms with Crippen LogP contribution in [0.5, 0.6) is 5.75 Å². The number of fused-ring (bicyclic) bond motifs is 1. The molecule has 0 radical (unpaired) electrons. The van der Waals surface area contributed by atoms with Crippen LogP contribution in [0.3, 0.4) is 0 Å². The Morgan fingerprint density at radius 2 is 1.87 bits per heavy atom. The summed E-state index contributed by atoms with van der Waals surface area (Å²) in [7, 11) is 0. The zero-order chi connectivity index (χ0) is 21.3. The van der Waals surface area contributed by atoms with Gasteiger partial charge >= 0.3 is 0 Å². The number of rotatable bonds is 5. The second-order valence-corrected chi connectivity index (χ2v) is 8.81. The first kappa shape index (κ1) is 20.5. The molecule has 4 rings (SSSR count). The second kappa shape index (κ2) is 8.17. The molecule has 2 amide bonds. The molecule has 2 aromatic rings. The maximum atomic E-state index is 12.7. The van der Waals surface area contributed by atoms with Gasteiger partial charge in [-0.25, -0.2) is 0 Å². The zero-order valence-electron chi connectivity index (χ0n) is 18.1. The molecule has 0 bridgehead atoms. The van der Waals surface area contributed by atoms with Gasteiger partial charge in [0.05, 0.1) is 12.2 Å². The van der Waals surface area contributed by atoms with E-state index in [1.165, 1.54) is 6.42 Å². The molecule has 2 aliphatic heterocycles. The largest absolute Gasteiger partial charge is 0.482 e. The van der Waals surface area contributed by atoms with Gasteiger partial charge in [0.25, 0.3) is 11.8 Å². The minimum absolute atomic E-state index is 0.0000912. The Labute approximate surface area is 177 Å². The Bertz CT molecular complexity index is 940. The number of amides is 2. The lowest BCUT2D eigenvalue weighted by Crippen LogP contribution is -2.38. The molecule has 6 nitrogen and oxygen atoms in total. The fourth-order valence-electron chi connectivity index (χ4n) is 3.99. The van der Waals surface area contributed by atoms with Gasteiger partial charge in [0.1, 0.15) is 11.5 Å². The van der Waals surface area contributed by atoms with Gasteiger partial charge in [-0.3, -0.25) is 14.5 Å². The fraction of sp³-hybridized carbons (Fsp3) is 0.500. The maximum absolute atomic E-state index is 12.7. The van der Waals surface area contributed by atoms with Crippen LogP contribution in [-0.2, 0) is 16.8 Å². The average Bonchev–Trinajstić information content (AvgIpc) is 3.24. The molecule has 0 atom stereocenters. The zero-order valence-corrected chi connectivity index (χ0v) is 18.1. The van der Waals surface area contributed by atoms with Crippen LogP contribution in [0.15, 0.2) is 34.7 Å². The summed E-state index contributed by atoms with van der Waals surface area (Å²) < 4.78 is 11.5. The summed E-state index contributed by atoms with van der Waals surface area (Å²) in [6, 6.07) is 9.56. The van der Waals surface area contributed by atoms with Crippen LogP contribution in [-0.4, -0.2) is 36.4 Å². The third-order valence-electron chi connectivity index (χ3n) is 6.40. The number of benzene rings is 1. The summed E-state index contributed by atoms with van der Waals surface area (Å²) in [5.41, 5.74) is 1.91. The number of likely N-dealkylation sites (tertiary alicyclic amines) is 1. The molecular formula is C24H30N2O4. The molecule has 1 aromatic heterocycles. The van der Waals surface area contributed by atoms with Crippen molar-refractivity contribution in [1.82, 2.24) is 4.90 Å². The van der Waals surface area contributed by atoms with Crippen molar-refractivity contribution in [2.45, 2.75) is 58.4 Å². The van der Waals surface area contributed by atoms with E-state index in [2.05, 4.69) is 26.8 Å². The highest BCUT2D eigenvalue weighted by Gasteiger charge is 2.29. The Balaban J connectivity index is 1.57. The number of nitrogens with zero attached hydrogens (tertiary/aromatic N) is 2. The SMILES string of the molecule is CCC(C)(C)c1ccc2c(c1)N(Cc1ccc(C(=O)N3CCCCC3)o1)C(=O)CO2. The maximum Gasteiger partial charge on any atom is 0.289 e. The molecule has 6 heteroatoms. The lowest BCUT2D eigenvalue weighted by Gasteiger charge is -2.31. The van der Waals surface area contributed by atoms with Crippen LogP contribution < -0.4 is 9.64 Å². The predicted molar refractivity (Wildman–Crippen MR) is 115 cm³/mol. The van der Waals surface area contributed by atoms with Crippen molar-refractivity contribution in [2.24, 2.45) is 0 Å². The van der Waals surface area contributed by atoms with Gasteiger partial charge < -0.3 is 14.1 Å². The Morgan fingerprint density at radius 1 is 1.10 bits per heavy atom. The number of piperidine rings is 1. The molecule has 30 heavy (non-hydrogen) atoms. The number of hydrogen-bond donors (Lipinski definition) is 0. The summed E-state index contributed by atoms with van der Waals surface area (Å²) in [5, 5.41) is 0. The summed E-state index contributed by atoms with van der Waals surface area (Å²) in [4.78, 5) is 28.9. The van der Waals surface area contributed by atoms with E-state index in [-0.39, 0.29) is 30.4 Å². The number of furan rings is 1. The molecule has 1 aromatic carbocycles. The fourth-order valence-corrected chi connectivity index (χ4v) is 3.99. The first-order chi connectivity index (χ1) is 14.4. The van der Waals surface area contributed by atoms with Crippen molar-refractivity contribution >= 4 is 17.5 Å². The molecule has 3 heterocycles. The van der Waals surface area contributed by atoms with Crippen molar-refractivity contribution in [2.75, 3.05) is 24.6 Å². The smallest absolute Gasteiger partial charge is 0.289 e. The topological polar surface area (TPSA) is 63.0 Å². The third-order valence-corrected chi connectivity index (χ3v) is 6.40. The summed E-state index contributed by atoms with van der Waals surface area (Å²) in [6.45, 7) is 8.37. The lowest BCUT2D eigenvalue weighted by atomic mass is 9.82. The van der Waals surface area contributed by atoms with Gasteiger partial charge in [-0.2, -0.15) is 0 Å². The normalized spacial score (nSPS) is 17.0. The number of ether oxygens (including phenoxy) is 1. The van der Waals surface area contributed by atoms with Crippen molar-refractivity contribution in [3.05, 3.63) is 47.4 Å². The number of anilines is 1. The van der Waals surface area contributed by atoms with E-state index in [0.717, 1.165) is 43.6 Å². The van der Waals surface area contributed by atoms with Crippen LogP contribution in [0.2, 0.25) is 0 Å². The van der Waals surface area contributed by atoms with Gasteiger partial charge in [-0.15, -0.1) is 0 Å². The van der Waals surface area contributed by atoms with Gasteiger partial charge in [0, 0.05) is 13.1 Å². The van der Waals surface area contributed by atoms with Crippen LogP contribution in [0.1, 0.15) is 68.3 Å². The average molecular weight is 411 g/mol. The molecule has 0 aliphatic carbocycles. The van der Waals surface area contributed by atoms with Crippen molar-refractivity contribution in [1.29, 1.82) is 0 Å². The number of carbonyl (C=O) groups excluding carboxylic acids is 2. The second-order valence-electron chi connectivity index (χ2n) is 8.81. The highest BCUT2D eigenvalue weighted by molar-refractivity contribution is 5.98. The molecule has 0 unspecified atom stereocenters. The van der Waals surface area contributed by atoms with Gasteiger partial charge in [-0.1, -0.05) is 26.8 Å². The number of hydrogen-bond acceptors (Lipinski definition) is 4. The third kappa shape index (κ3) is 3.95. The van der Waals surface area contributed by atoms with Gasteiger partial charge in [-0.05, 0) is 60.9 Å². The molecule has 1 saturated heterocycles. The quantitative estimate of drug-likeness (QED) is 0.727. The summed E-state index contributed by atoms with van der Waals surface area (Å²) in [5.74, 6) is 1.45. The van der Waals surface area contributed by atoms with Crippen LogP contribution in [0.4, 0.5) is 5.69 Å². The van der Waals surface area contributed by atoms with E-state index >= 15 is 0 Å². The molecular weight excluding hydrogens is 380 g/mol. The van der Waals surface area contributed by atoms with Crippen LogP contribution in [0.25, 0.3) is 0 Å². The highest BCUT2D eigenvalue weighted by atomic mass is 16.5. The van der Waals surface area contributed by atoms with Crippen molar-refractivity contribution in [3.63, 3.8) is 0 Å². The Hall–Kier alpha value is -2.76. The highest BCUT2D eigenvalue weighted by Crippen LogP contribution is 2.38. The first-order valence-corrected chi connectivity index (χ1v) is 10.8. The number of carbonyl (C=O) groups is 2. The molecule has 0 spiro atoms. The van der Waals surface area contributed by atoms with E-state index in [0.29, 0.717) is 17.3 Å². The summed E-state index contributed by atoms with van der Waals surface area (Å²) >= 11 is 0. The first-order valence-electron chi connectivity index (χ1n) is 10.8. The monoisotopic (exact) mass is 410 g/mol. The minimum Gasteiger partial charge on any atom is -0.482 e. The Morgan fingerprint density at radius 3 is 2.60 bits per heavy atom. The van der Waals surface area contributed by atoms with Gasteiger partial charge in [0.2, 0.25) is 0 Å². The minimum atomic E-state index is -0.116. The van der Waals surface area contributed by atoms with E-state index in [1.807, 2.05) is 17.0 Å². The van der Waals surface area contributed by atoms with Crippen LogP contribution in [0, 0.1) is 0 Å². The molecule has 160 valence electrons.